The van der Waals surface area contributed by atoms with E-state index >= 15 is 0 Å². The van der Waals surface area contributed by atoms with Gasteiger partial charge < -0.3 is 0 Å². The lowest BCUT2D eigenvalue weighted by Gasteiger charge is -2.35. The van der Waals surface area contributed by atoms with E-state index in [1.807, 2.05) is 0 Å². The summed E-state index contributed by atoms with van der Waals surface area (Å²) in [6.45, 7) is 11.9. The molecule has 0 aliphatic heterocycles. The van der Waals surface area contributed by atoms with E-state index in [-0.39, 0.29) is 0 Å². The minimum absolute atomic E-state index is 0.611. The lowest BCUT2D eigenvalue weighted by molar-refractivity contribution is 0.153. The van der Waals surface area contributed by atoms with E-state index in [0.717, 1.165) is 5.92 Å². The highest BCUT2D eigenvalue weighted by molar-refractivity contribution is 4.79. The Morgan fingerprint density at radius 2 is 1.38 bits per heavy atom. The molecule has 0 amide bonds. The molecular weight excluding hydrogens is 156 g/mol. The fourth-order valence-electron chi connectivity index (χ4n) is 2.54. The molecule has 0 aliphatic carbocycles. The van der Waals surface area contributed by atoms with Gasteiger partial charge in [-0.3, -0.25) is 0 Å². The maximum Gasteiger partial charge on any atom is -0.0300 e. The number of rotatable bonds is 7. The van der Waals surface area contributed by atoms with Gasteiger partial charge in [-0.2, -0.15) is 0 Å². The highest BCUT2D eigenvalue weighted by atomic mass is 14.3. The standard InChI is InChI=1S/C13H28/c1-6-9-12(4)13(5,10-7-2)11-8-3/h12H,6-11H2,1-5H3. The Bertz CT molecular complexity index is 109. The third-order valence-corrected chi connectivity index (χ3v) is 3.55. The van der Waals surface area contributed by atoms with Crippen LogP contribution in [0.3, 0.4) is 0 Å². The van der Waals surface area contributed by atoms with Crippen molar-refractivity contribution in [3.8, 4) is 0 Å². The predicted octanol–water partition coefficient (Wildman–Crippen LogP) is 5.03. The van der Waals surface area contributed by atoms with E-state index in [4.69, 9.17) is 0 Å². The van der Waals surface area contributed by atoms with E-state index in [9.17, 15) is 0 Å². The van der Waals surface area contributed by atoms with Gasteiger partial charge in [-0.25, -0.2) is 0 Å². The van der Waals surface area contributed by atoms with Crippen LogP contribution in [0.5, 0.6) is 0 Å². The van der Waals surface area contributed by atoms with E-state index in [1.54, 1.807) is 0 Å². The Morgan fingerprint density at radius 1 is 0.923 bits per heavy atom. The van der Waals surface area contributed by atoms with E-state index in [2.05, 4.69) is 34.6 Å². The van der Waals surface area contributed by atoms with Crippen molar-refractivity contribution in [2.24, 2.45) is 11.3 Å². The molecule has 80 valence electrons. The van der Waals surface area contributed by atoms with Gasteiger partial charge in [0.05, 0.1) is 0 Å². The van der Waals surface area contributed by atoms with Crippen molar-refractivity contribution < 1.29 is 0 Å². The quantitative estimate of drug-likeness (QED) is 0.520. The SMILES string of the molecule is CCCC(C)C(C)(CCC)CCC. The van der Waals surface area contributed by atoms with Crippen LogP contribution in [0.4, 0.5) is 0 Å². The van der Waals surface area contributed by atoms with Gasteiger partial charge in [-0.1, -0.05) is 60.3 Å². The smallest absolute Gasteiger partial charge is 0.0300 e. The minimum Gasteiger partial charge on any atom is -0.0654 e. The number of hydrogen-bond donors (Lipinski definition) is 0. The highest BCUT2D eigenvalue weighted by Gasteiger charge is 2.28. The molecular formula is C13H28. The molecule has 0 fully saturated rings. The predicted molar refractivity (Wildman–Crippen MR) is 62.0 cm³/mol. The molecule has 0 bridgehead atoms. The van der Waals surface area contributed by atoms with Crippen LogP contribution in [-0.4, -0.2) is 0 Å². The molecule has 0 nitrogen and oxygen atoms in total. The van der Waals surface area contributed by atoms with Crippen molar-refractivity contribution in [3.63, 3.8) is 0 Å². The van der Waals surface area contributed by atoms with Gasteiger partial charge in [0, 0.05) is 0 Å². The molecule has 0 heteroatoms. The molecule has 0 N–H and O–H groups in total. The van der Waals surface area contributed by atoms with Crippen molar-refractivity contribution in [2.75, 3.05) is 0 Å². The zero-order valence-corrected chi connectivity index (χ0v) is 10.3. The van der Waals surface area contributed by atoms with Crippen LogP contribution in [0.2, 0.25) is 0 Å². The number of hydrogen-bond acceptors (Lipinski definition) is 0. The second-order valence-electron chi connectivity index (χ2n) is 4.84. The van der Waals surface area contributed by atoms with Crippen LogP contribution in [0, 0.1) is 11.3 Å². The molecule has 0 aromatic heterocycles. The Labute approximate surface area is 85.1 Å². The topological polar surface area (TPSA) is 0 Å². The summed E-state index contributed by atoms with van der Waals surface area (Å²) in [5.74, 6) is 0.900. The third kappa shape index (κ3) is 4.15. The van der Waals surface area contributed by atoms with Gasteiger partial charge in [0.25, 0.3) is 0 Å². The van der Waals surface area contributed by atoms with Crippen molar-refractivity contribution in [1.29, 1.82) is 0 Å². The summed E-state index contributed by atoms with van der Waals surface area (Å²) in [5.41, 5.74) is 0.611. The van der Waals surface area contributed by atoms with Gasteiger partial charge in [-0.05, 0) is 24.2 Å². The molecule has 0 rings (SSSR count). The van der Waals surface area contributed by atoms with Gasteiger partial charge in [0.2, 0.25) is 0 Å². The van der Waals surface area contributed by atoms with E-state index < -0.39 is 0 Å². The first-order valence-electron chi connectivity index (χ1n) is 6.10. The monoisotopic (exact) mass is 184 g/mol. The van der Waals surface area contributed by atoms with Crippen LogP contribution in [0.15, 0.2) is 0 Å². The first kappa shape index (κ1) is 13.0. The summed E-state index contributed by atoms with van der Waals surface area (Å²) in [5, 5.41) is 0. The second kappa shape index (κ2) is 6.45. The van der Waals surface area contributed by atoms with Gasteiger partial charge in [0.1, 0.15) is 0 Å². The molecule has 1 atom stereocenters. The molecule has 0 saturated heterocycles. The summed E-state index contributed by atoms with van der Waals surface area (Å²) in [6.07, 6.45) is 8.22. The normalized spacial score (nSPS) is 14.5. The first-order chi connectivity index (χ1) is 6.10. The van der Waals surface area contributed by atoms with Crippen molar-refractivity contribution in [2.45, 2.75) is 73.1 Å². The van der Waals surface area contributed by atoms with Crippen LogP contribution < -0.4 is 0 Å². The van der Waals surface area contributed by atoms with Crippen LogP contribution in [0.25, 0.3) is 0 Å². The highest BCUT2D eigenvalue weighted by Crippen LogP contribution is 2.39. The molecule has 0 radical (unpaired) electrons. The summed E-state index contributed by atoms with van der Waals surface area (Å²) < 4.78 is 0. The largest absolute Gasteiger partial charge is 0.0654 e. The Morgan fingerprint density at radius 3 is 1.69 bits per heavy atom. The minimum atomic E-state index is 0.611. The summed E-state index contributed by atoms with van der Waals surface area (Å²) in [6, 6.07) is 0. The van der Waals surface area contributed by atoms with Crippen molar-refractivity contribution in [1.82, 2.24) is 0 Å². The lowest BCUT2D eigenvalue weighted by atomic mass is 9.70. The van der Waals surface area contributed by atoms with Crippen molar-refractivity contribution >= 4 is 0 Å². The fraction of sp³-hybridized carbons (Fsp3) is 1.00. The average molecular weight is 184 g/mol. The Hall–Kier alpha value is 0. The van der Waals surface area contributed by atoms with Gasteiger partial charge in [-0.15, -0.1) is 0 Å². The molecule has 13 heavy (non-hydrogen) atoms. The summed E-state index contributed by atoms with van der Waals surface area (Å²) >= 11 is 0. The van der Waals surface area contributed by atoms with E-state index in [0.29, 0.717) is 5.41 Å². The van der Waals surface area contributed by atoms with Crippen LogP contribution in [0.1, 0.15) is 73.1 Å². The molecule has 0 aliphatic rings. The van der Waals surface area contributed by atoms with Crippen LogP contribution >= 0.6 is 0 Å². The Kier molecular flexibility index (Phi) is 6.45. The zero-order chi connectivity index (χ0) is 10.3. The second-order valence-corrected chi connectivity index (χ2v) is 4.84. The van der Waals surface area contributed by atoms with Gasteiger partial charge >= 0.3 is 0 Å². The lowest BCUT2D eigenvalue weighted by Crippen LogP contribution is -2.25. The fourth-order valence-corrected chi connectivity index (χ4v) is 2.54. The van der Waals surface area contributed by atoms with Crippen molar-refractivity contribution in [3.05, 3.63) is 0 Å². The Balaban J connectivity index is 4.18. The molecule has 0 aromatic carbocycles. The van der Waals surface area contributed by atoms with Crippen LogP contribution in [-0.2, 0) is 0 Å². The van der Waals surface area contributed by atoms with Gasteiger partial charge in [0.15, 0.2) is 0 Å². The summed E-state index contributed by atoms with van der Waals surface area (Å²) in [7, 11) is 0. The maximum atomic E-state index is 2.49. The van der Waals surface area contributed by atoms with E-state index in [1.165, 1.54) is 38.5 Å². The summed E-state index contributed by atoms with van der Waals surface area (Å²) in [4.78, 5) is 0. The molecule has 0 heterocycles. The molecule has 0 spiro atoms. The zero-order valence-electron chi connectivity index (χ0n) is 10.3. The molecule has 1 unspecified atom stereocenters. The molecule has 0 aromatic rings. The third-order valence-electron chi connectivity index (χ3n) is 3.55. The average Bonchev–Trinajstić information content (AvgIpc) is 2.05. The maximum absolute atomic E-state index is 2.49. The molecule has 0 saturated carbocycles. The first-order valence-corrected chi connectivity index (χ1v) is 6.10.